The van der Waals surface area contributed by atoms with Crippen LogP contribution >= 0.6 is 0 Å². The summed E-state index contributed by atoms with van der Waals surface area (Å²) in [6.45, 7) is 8.45. The molecule has 0 aromatic heterocycles. The Kier molecular flexibility index (Phi) is 8.82. The second kappa shape index (κ2) is 12.8. The summed E-state index contributed by atoms with van der Waals surface area (Å²) in [5, 5.41) is 0. The predicted molar refractivity (Wildman–Crippen MR) is 174 cm³/mol. The molecule has 6 rings (SSSR count). The van der Waals surface area contributed by atoms with E-state index in [4.69, 9.17) is 4.74 Å². The topological polar surface area (TPSA) is 69.9 Å². The second-order valence-corrected chi connectivity index (χ2v) is 13.2. The zero-order valence-corrected chi connectivity index (χ0v) is 26.7. The van der Waals surface area contributed by atoms with Crippen LogP contribution in [-0.4, -0.2) is 77.4 Å². The number of benzene rings is 3. The Balaban J connectivity index is 1.24. The lowest BCUT2D eigenvalue weighted by Gasteiger charge is -2.38. The predicted octanol–water partition coefficient (Wildman–Crippen LogP) is 5.48. The van der Waals surface area contributed by atoms with Gasteiger partial charge in [0, 0.05) is 26.2 Å². The second-order valence-electron chi connectivity index (χ2n) is 13.2. The van der Waals surface area contributed by atoms with E-state index in [1.165, 1.54) is 0 Å². The van der Waals surface area contributed by atoms with E-state index >= 15 is 0 Å². The Morgan fingerprint density at radius 2 is 1.40 bits per heavy atom. The van der Waals surface area contributed by atoms with Gasteiger partial charge in [0.05, 0.1) is 17.6 Å². The smallest absolute Gasteiger partial charge is 0.329 e. The van der Waals surface area contributed by atoms with E-state index in [-0.39, 0.29) is 29.7 Å². The van der Waals surface area contributed by atoms with Gasteiger partial charge in [0.15, 0.2) is 0 Å². The van der Waals surface area contributed by atoms with Gasteiger partial charge in [-0.25, -0.2) is 4.79 Å². The molecule has 3 aromatic rings. The van der Waals surface area contributed by atoms with Gasteiger partial charge in [-0.3, -0.25) is 14.5 Å². The summed E-state index contributed by atoms with van der Waals surface area (Å²) in [4.78, 5) is 47.3. The first kappa shape index (κ1) is 31.0. The number of hydrogen-bond donors (Lipinski definition) is 0. The number of carbonyl (C=O) groups excluding carboxylic acids is 3. The fourth-order valence-corrected chi connectivity index (χ4v) is 7.68. The molecule has 1 unspecified atom stereocenters. The van der Waals surface area contributed by atoms with E-state index in [2.05, 4.69) is 84.6 Å². The summed E-state index contributed by atoms with van der Waals surface area (Å²) in [6, 6.07) is 30.4. The lowest BCUT2D eigenvalue weighted by Crippen LogP contribution is -2.49. The average Bonchev–Trinajstić information content (AvgIpc) is 3.64. The highest BCUT2D eigenvalue weighted by Gasteiger charge is 2.60. The highest BCUT2D eigenvalue weighted by Crippen LogP contribution is 2.49. The van der Waals surface area contributed by atoms with Gasteiger partial charge < -0.3 is 14.5 Å². The summed E-state index contributed by atoms with van der Waals surface area (Å²) in [6.07, 6.45) is 3.02. The van der Waals surface area contributed by atoms with E-state index in [0.29, 0.717) is 45.6 Å². The molecule has 0 radical (unpaired) electrons. The number of amides is 2. The van der Waals surface area contributed by atoms with E-state index in [0.717, 1.165) is 29.5 Å². The molecule has 3 aliphatic rings. The van der Waals surface area contributed by atoms with Crippen LogP contribution in [0.2, 0.25) is 0 Å². The van der Waals surface area contributed by atoms with Crippen LogP contribution in [0.4, 0.5) is 0 Å². The van der Waals surface area contributed by atoms with E-state index in [1.54, 1.807) is 4.90 Å². The molecule has 3 saturated heterocycles. The first-order valence-electron chi connectivity index (χ1n) is 16.5. The molecule has 1 spiro atoms. The molecule has 3 fully saturated rings. The van der Waals surface area contributed by atoms with Crippen molar-refractivity contribution in [1.82, 2.24) is 14.7 Å². The number of nitrogens with zero attached hydrogens (tertiary/aromatic N) is 3. The van der Waals surface area contributed by atoms with Gasteiger partial charge in [-0.1, -0.05) is 118 Å². The van der Waals surface area contributed by atoms with Gasteiger partial charge in [-0.15, -0.1) is 0 Å². The van der Waals surface area contributed by atoms with Crippen molar-refractivity contribution in [3.63, 3.8) is 0 Å². The molecule has 7 heteroatoms. The normalized spacial score (nSPS) is 23.5. The minimum atomic E-state index is -0.637. The van der Waals surface area contributed by atoms with Crippen molar-refractivity contribution in [2.75, 3.05) is 32.8 Å². The monoisotopic (exact) mass is 607 g/mol. The highest BCUT2D eigenvalue weighted by molar-refractivity contribution is 5.92. The van der Waals surface area contributed by atoms with Crippen molar-refractivity contribution in [3.8, 4) is 0 Å². The summed E-state index contributed by atoms with van der Waals surface area (Å²) in [5.74, 6) is -0.310. The first-order valence-corrected chi connectivity index (χ1v) is 16.5. The van der Waals surface area contributed by atoms with Crippen molar-refractivity contribution >= 4 is 17.8 Å². The maximum atomic E-state index is 14.3. The molecule has 3 aromatic carbocycles. The SMILES string of the molecule is CCCCOC(=O)[C@H](C(C)C)N1CC[C@@]2(CCN(C(=O)[C@H]3CN3C(c3ccccc3)(c3ccccc3)c3ccccc3)C2)C1=O. The number of esters is 1. The Morgan fingerprint density at radius 1 is 0.867 bits per heavy atom. The number of ether oxygens (including phenoxy) is 1. The van der Waals surface area contributed by atoms with E-state index < -0.39 is 17.0 Å². The Labute approximate surface area is 267 Å². The van der Waals surface area contributed by atoms with Crippen molar-refractivity contribution in [3.05, 3.63) is 108 Å². The summed E-state index contributed by atoms with van der Waals surface area (Å²) < 4.78 is 5.57. The molecule has 2 amide bonds. The molecule has 236 valence electrons. The van der Waals surface area contributed by atoms with Crippen LogP contribution in [0.15, 0.2) is 91.0 Å². The molecular formula is C38H45N3O4. The number of hydrogen-bond acceptors (Lipinski definition) is 5. The van der Waals surface area contributed by atoms with Crippen LogP contribution < -0.4 is 0 Å². The van der Waals surface area contributed by atoms with Crippen molar-refractivity contribution in [2.45, 2.75) is 64.1 Å². The molecule has 4 atom stereocenters. The van der Waals surface area contributed by atoms with Crippen LogP contribution in [0.1, 0.15) is 63.1 Å². The van der Waals surface area contributed by atoms with Crippen LogP contribution in [0.3, 0.4) is 0 Å². The molecule has 0 aliphatic carbocycles. The highest BCUT2D eigenvalue weighted by atomic mass is 16.5. The molecular weight excluding hydrogens is 562 g/mol. The maximum absolute atomic E-state index is 14.3. The minimum Gasteiger partial charge on any atom is -0.464 e. The molecule has 3 heterocycles. The largest absolute Gasteiger partial charge is 0.464 e. The minimum absolute atomic E-state index is 0.0104. The fourth-order valence-electron chi connectivity index (χ4n) is 7.68. The molecule has 7 nitrogen and oxygen atoms in total. The number of unbranched alkanes of at least 4 members (excludes halogenated alkanes) is 1. The quantitative estimate of drug-likeness (QED) is 0.125. The van der Waals surface area contributed by atoms with Crippen LogP contribution in [-0.2, 0) is 24.7 Å². The zero-order chi connectivity index (χ0) is 31.6. The summed E-state index contributed by atoms with van der Waals surface area (Å²) >= 11 is 0. The zero-order valence-electron chi connectivity index (χ0n) is 26.7. The molecule has 0 bridgehead atoms. The lowest BCUT2D eigenvalue weighted by atomic mass is 9.76. The van der Waals surface area contributed by atoms with Crippen LogP contribution in [0.25, 0.3) is 0 Å². The third kappa shape index (κ3) is 5.56. The fraction of sp³-hybridized carbons (Fsp3) is 0.447. The van der Waals surface area contributed by atoms with Gasteiger partial charge in [-0.2, -0.15) is 0 Å². The summed E-state index contributed by atoms with van der Waals surface area (Å²) in [5.41, 5.74) is 2.07. The van der Waals surface area contributed by atoms with E-state index in [1.807, 2.05) is 36.9 Å². The molecule has 0 N–H and O–H groups in total. The van der Waals surface area contributed by atoms with Crippen molar-refractivity contribution in [2.24, 2.45) is 11.3 Å². The van der Waals surface area contributed by atoms with Crippen LogP contribution in [0.5, 0.6) is 0 Å². The van der Waals surface area contributed by atoms with Gasteiger partial charge in [0.1, 0.15) is 12.1 Å². The third-order valence-electron chi connectivity index (χ3n) is 10.1. The average molecular weight is 608 g/mol. The maximum Gasteiger partial charge on any atom is 0.329 e. The standard InChI is InChI=1S/C38H45N3O4/c1-4-5-25-45-35(43)33(28(2)3)40-24-22-37(36(40)44)21-23-39(27-37)34(42)32-26-41(32)38(29-15-9-6-10-16-29,30-17-11-7-12-18-30)31-19-13-8-14-20-31/h6-20,28,32-33H,4-5,21-27H2,1-3H3/t32-,33+,37-,41?/m1/s1. The van der Waals surface area contributed by atoms with Gasteiger partial charge >= 0.3 is 5.97 Å². The van der Waals surface area contributed by atoms with Crippen molar-refractivity contribution < 1.29 is 19.1 Å². The third-order valence-corrected chi connectivity index (χ3v) is 10.1. The number of likely N-dealkylation sites (tertiary alicyclic amines) is 2. The van der Waals surface area contributed by atoms with Gasteiger partial charge in [0.2, 0.25) is 11.8 Å². The van der Waals surface area contributed by atoms with Crippen LogP contribution in [0, 0.1) is 11.3 Å². The van der Waals surface area contributed by atoms with Gasteiger partial charge in [0.25, 0.3) is 0 Å². The molecule has 3 aliphatic heterocycles. The van der Waals surface area contributed by atoms with E-state index in [9.17, 15) is 14.4 Å². The van der Waals surface area contributed by atoms with Gasteiger partial charge in [-0.05, 0) is 41.9 Å². The Morgan fingerprint density at radius 3 is 1.91 bits per heavy atom. The summed E-state index contributed by atoms with van der Waals surface area (Å²) in [7, 11) is 0. The first-order chi connectivity index (χ1) is 21.8. The number of carbonyl (C=O) groups is 3. The lowest BCUT2D eigenvalue weighted by molar-refractivity contribution is -0.157. The van der Waals surface area contributed by atoms with Crippen molar-refractivity contribution in [1.29, 1.82) is 0 Å². The Hall–Kier alpha value is -3.97. The molecule has 0 saturated carbocycles. The number of rotatable bonds is 11. The molecule has 45 heavy (non-hydrogen) atoms. The Bertz CT molecular complexity index is 1400.